The molecule has 2 aliphatic rings. The van der Waals surface area contributed by atoms with Crippen molar-refractivity contribution in [3.8, 4) is 11.8 Å². The first-order chi connectivity index (χ1) is 19.4. The van der Waals surface area contributed by atoms with E-state index in [1.807, 2.05) is 55.1 Å². The van der Waals surface area contributed by atoms with E-state index in [0.29, 0.717) is 35.6 Å². The summed E-state index contributed by atoms with van der Waals surface area (Å²) in [6.07, 6.45) is 0.998. The number of hydrogen-bond donors (Lipinski definition) is 1. The summed E-state index contributed by atoms with van der Waals surface area (Å²) in [7, 11) is 0. The zero-order chi connectivity index (χ0) is 29.6. The van der Waals surface area contributed by atoms with Gasteiger partial charge in [0.2, 0.25) is 0 Å². The van der Waals surface area contributed by atoms with Gasteiger partial charge in [-0.1, -0.05) is 59.6 Å². The quantitative estimate of drug-likeness (QED) is 0.305. The Morgan fingerprint density at radius 3 is 2.59 bits per heavy atom. The molecule has 0 radical (unpaired) electrons. The first-order valence-corrected chi connectivity index (χ1v) is 14.5. The van der Waals surface area contributed by atoms with Crippen LogP contribution in [0.15, 0.2) is 81.7 Å². The molecule has 0 amide bonds. The van der Waals surface area contributed by atoms with E-state index in [4.69, 9.17) is 22.1 Å². The number of hydrogen-bond acceptors (Lipinski definition) is 5. The SMILES string of the molecule is Cc1cc(C)c(C2C(C#N)=C(N)N(c3cccc(Br)c3)C3=C2C(=O)CC(C)(C)C3)cc1COc1ccc(F)cc1Cl. The molecule has 1 atom stereocenters. The van der Waals surface area contributed by atoms with Crippen molar-refractivity contribution >= 4 is 39.0 Å². The molecule has 3 aromatic rings. The standard InChI is InChI=1S/C33H30BrClFN3O2/c1-18-10-19(2)24(11-20(18)17-41-29-9-8-22(36)13-26(29)35)30-25(16-37)32(38)39(23-7-5-6-21(34)12-23)27-14-33(3,4)15-28(40)31(27)30/h5-13,30H,14-15,17,38H2,1-4H3. The van der Waals surface area contributed by atoms with E-state index in [1.54, 1.807) is 0 Å². The molecule has 0 aromatic heterocycles. The van der Waals surface area contributed by atoms with E-state index in [9.17, 15) is 14.4 Å². The van der Waals surface area contributed by atoms with Crippen LogP contribution in [0.25, 0.3) is 0 Å². The number of nitrogens with zero attached hydrogens (tertiary/aromatic N) is 2. The van der Waals surface area contributed by atoms with Crippen LogP contribution >= 0.6 is 27.5 Å². The number of rotatable bonds is 5. The highest BCUT2D eigenvalue weighted by molar-refractivity contribution is 9.10. The maximum absolute atomic E-state index is 13.9. The van der Waals surface area contributed by atoms with Crippen molar-refractivity contribution in [3.63, 3.8) is 0 Å². The number of halogens is 3. The van der Waals surface area contributed by atoms with Gasteiger partial charge in [0.15, 0.2) is 5.78 Å². The summed E-state index contributed by atoms with van der Waals surface area (Å²) in [5.74, 6) is -0.361. The number of carbonyl (C=O) groups is 1. The van der Waals surface area contributed by atoms with Gasteiger partial charge in [-0.2, -0.15) is 5.26 Å². The number of allylic oxidation sites excluding steroid dienone is 3. The fourth-order valence-electron chi connectivity index (χ4n) is 5.86. The van der Waals surface area contributed by atoms with E-state index < -0.39 is 11.7 Å². The van der Waals surface area contributed by atoms with Crippen molar-refractivity contribution in [2.45, 2.75) is 53.1 Å². The van der Waals surface area contributed by atoms with E-state index in [-0.39, 0.29) is 22.8 Å². The van der Waals surface area contributed by atoms with Crippen LogP contribution in [0.3, 0.4) is 0 Å². The molecular weight excluding hydrogens is 605 g/mol. The van der Waals surface area contributed by atoms with E-state index in [2.05, 4.69) is 35.8 Å². The maximum Gasteiger partial charge on any atom is 0.162 e. The first-order valence-electron chi connectivity index (χ1n) is 13.3. The molecule has 1 unspecified atom stereocenters. The molecule has 0 spiro atoms. The molecular formula is C33H30BrClFN3O2. The molecule has 210 valence electrons. The van der Waals surface area contributed by atoms with Gasteiger partial charge in [0, 0.05) is 27.9 Å². The molecule has 0 saturated heterocycles. The molecule has 41 heavy (non-hydrogen) atoms. The van der Waals surface area contributed by atoms with Crippen molar-refractivity contribution in [1.29, 1.82) is 5.26 Å². The Balaban J connectivity index is 1.66. The average Bonchev–Trinajstić information content (AvgIpc) is 2.88. The third-order valence-electron chi connectivity index (χ3n) is 7.76. The molecule has 1 aliphatic heterocycles. The number of nitriles is 1. The first kappa shape index (κ1) is 28.9. The third kappa shape index (κ3) is 5.51. The minimum Gasteiger partial charge on any atom is -0.487 e. The summed E-state index contributed by atoms with van der Waals surface area (Å²) < 4.78 is 20.4. The molecule has 5 rings (SSSR count). The summed E-state index contributed by atoms with van der Waals surface area (Å²) in [5, 5.41) is 10.7. The lowest BCUT2D eigenvalue weighted by Crippen LogP contribution is -2.42. The highest BCUT2D eigenvalue weighted by Gasteiger charge is 2.45. The van der Waals surface area contributed by atoms with Gasteiger partial charge in [-0.25, -0.2) is 4.39 Å². The van der Waals surface area contributed by atoms with Crippen LogP contribution in [0.1, 0.15) is 54.9 Å². The lowest BCUT2D eigenvalue weighted by Gasteiger charge is -2.44. The van der Waals surface area contributed by atoms with Crippen LogP contribution in [0.2, 0.25) is 5.02 Å². The Hall–Kier alpha value is -3.60. The molecule has 8 heteroatoms. The van der Waals surface area contributed by atoms with Crippen LogP contribution in [-0.2, 0) is 11.4 Å². The summed E-state index contributed by atoms with van der Waals surface area (Å²) in [6, 6.07) is 18.1. The molecule has 5 nitrogen and oxygen atoms in total. The molecule has 3 aromatic carbocycles. The second kappa shape index (κ2) is 11.0. The Bertz CT molecular complexity index is 1690. The number of anilines is 1. The number of aryl methyl sites for hydroxylation is 2. The van der Waals surface area contributed by atoms with E-state index in [0.717, 1.165) is 38.1 Å². The lowest BCUT2D eigenvalue weighted by molar-refractivity contribution is -0.118. The fraction of sp³-hybridized carbons (Fsp3) is 0.273. The summed E-state index contributed by atoms with van der Waals surface area (Å²) in [5.41, 5.74) is 12.7. The van der Waals surface area contributed by atoms with Gasteiger partial charge in [-0.05, 0) is 84.3 Å². The smallest absolute Gasteiger partial charge is 0.162 e. The van der Waals surface area contributed by atoms with Crippen molar-refractivity contribution < 1.29 is 13.9 Å². The van der Waals surface area contributed by atoms with Crippen LogP contribution in [0, 0.1) is 36.4 Å². The Morgan fingerprint density at radius 1 is 1.15 bits per heavy atom. The zero-order valence-corrected chi connectivity index (χ0v) is 25.7. The van der Waals surface area contributed by atoms with Gasteiger partial charge in [0.05, 0.1) is 22.6 Å². The minimum atomic E-state index is -0.615. The topological polar surface area (TPSA) is 79.4 Å². The van der Waals surface area contributed by atoms with Gasteiger partial charge in [-0.3, -0.25) is 9.69 Å². The van der Waals surface area contributed by atoms with Crippen molar-refractivity contribution in [3.05, 3.63) is 115 Å². The number of benzene rings is 3. The molecule has 0 fully saturated rings. The number of ether oxygens (including phenoxy) is 1. The normalized spacial score (nSPS) is 18.3. The Morgan fingerprint density at radius 2 is 1.90 bits per heavy atom. The Labute approximate surface area is 253 Å². The number of carbonyl (C=O) groups excluding carboxylic acids is 1. The summed E-state index contributed by atoms with van der Waals surface area (Å²) in [4.78, 5) is 15.8. The third-order valence-corrected chi connectivity index (χ3v) is 8.55. The number of nitrogens with two attached hydrogens (primary N) is 1. The average molecular weight is 635 g/mol. The number of ketones is 1. The van der Waals surface area contributed by atoms with Crippen LogP contribution in [0.5, 0.6) is 5.75 Å². The van der Waals surface area contributed by atoms with Gasteiger partial charge in [-0.15, -0.1) is 0 Å². The summed E-state index contributed by atoms with van der Waals surface area (Å²) in [6.45, 7) is 8.29. The molecule has 0 bridgehead atoms. The molecule has 1 aliphatic carbocycles. The van der Waals surface area contributed by atoms with Crippen LogP contribution < -0.4 is 15.4 Å². The van der Waals surface area contributed by atoms with Crippen LogP contribution in [-0.4, -0.2) is 5.78 Å². The second-order valence-electron chi connectivity index (χ2n) is 11.5. The fourth-order valence-corrected chi connectivity index (χ4v) is 6.47. The van der Waals surface area contributed by atoms with Crippen LogP contribution in [0.4, 0.5) is 10.1 Å². The highest BCUT2D eigenvalue weighted by atomic mass is 79.9. The number of Topliss-reactive ketones (excluding diaryl/α,β-unsaturated/α-hetero) is 1. The van der Waals surface area contributed by atoms with Gasteiger partial charge >= 0.3 is 0 Å². The largest absolute Gasteiger partial charge is 0.487 e. The van der Waals surface area contributed by atoms with Gasteiger partial charge in [0.1, 0.15) is 24.0 Å². The summed E-state index contributed by atoms with van der Waals surface area (Å²) >= 11 is 9.73. The Kier molecular flexibility index (Phi) is 7.76. The van der Waals surface area contributed by atoms with Crippen molar-refractivity contribution in [2.75, 3.05) is 4.90 Å². The predicted molar refractivity (Wildman–Crippen MR) is 163 cm³/mol. The van der Waals surface area contributed by atoms with Gasteiger partial charge < -0.3 is 10.5 Å². The molecule has 2 N–H and O–H groups in total. The predicted octanol–water partition coefficient (Wildman–Crippen LogP) is 8.38. The molecule has 0 saturated carbocycles. The van der Waals surface area contributed by atoms with Gasteiger partial charge in [0.25, 0.3) is 0 Å². The minimum absolute atomic E-state index is 0.0114. The lowest BCUT2D eigenvalue weighted by atomic mass is 9.68. The van der Waals surface area contributed by atoms with E-state index >= 15 is 0 Å². The monoisotopic (exact) mass is 633 g/mol. The van der Waals surface area contributed by atoms with Crippen molar-refractivity contribution in [2.24, 2.45) is 11.1 Å². The highest BCUT2D eigenvalue weighted by Crippen LogP contribution is 2.51. The zero-order valence-electron chi connectivity index (χ0n) is 23.3. The van der Waals surface area contributed by atoms with E-state index in [1.165, 1.54) is 18.2 Å². The van der Waals surface area contributed by atoms with Crippen molar-refractivity contribution in [1.82, 2.24) is 0 Å². The maximum atomic E-state index is 13.9. The molecule has 1 heterocycles. The second-order valence-corrected chi connectivity index (χ2v) is 12.8.